The molecule has 100 valence electrons. The summed E-state index contributed by atoms with van der Waals surface area (Å²) < 4.78 is 18.0. The Balaban J connectivity index is 2.27. The lowest BCUT2D eigenvalue weighted by Crippen LogP contribution is -2.02. The van der Waals surface area contributed by atoms with Gasteiger partial charge in [0.25, 0.3) is 0 Å². The van der Waals surface area contributed by atoms with Gasteiger partial charge >= 0.3 is 0 Å². The van der Waals surface area contributed by atoms with Crippen molar-refractivity contribution in [3.05, 3.63) is 57.3 Å². The number of halogens is 3. The van der Waals surface area contributed by atoms with E-state index in [-0.39, 0.29) is 5.82 Å². The van der Waals surface area contributed by atoms with E-state index in [1.165, 1.54) is 12.1 Å². The fourth-order valence-electron chi connectivity index (χ4n) is 1.65. The molecule has 0 N–H and O–H groups in total. The van der Waals surface area contributed by atoms with Gasteiger partial charge in [-0.15, -0.1) is 0 Å². The zero-order valence-electron chi connectivity index (χ0n) is 10.2. The quantitative estimate of drug-likeness (QED) is 0.808. The highest BCUT2D eigenvalue weighted by molar-refractivity contribution is 6.31. The third-order valence-corrected chi connectivity index (χ3v) is 3.00. The number of methoxy groups -OCH3 is 1. The van der Waals surface area contributed by atoms with Crippen LogP contribution in [0.2, 0.25) is 10.2 Å². The molecule has 1 heterocycles. The van der Waals surface area contributed by atoms with E-state index in [0.717, 1.165) is 5.56 Å². The topological polar surface area (TPSA) is 35.0 Å². The van der Waals surface area contributed by atoms with Crippen molar-refractivity contribution in [3.63, 3.8) is 0 Å². The van der Waals surface area contributed by atoms with Crippen LogP contribution in [0.5, 0.6) is 0 Å². The Bertz CT molecular complexity index is 593. The van der Waals surface area contributed by atoms with Crippen LogP contribution in [0, 0.1) is 5.82 Å². The van der Waals surface area contributed by atoms with Crippen molar-refractivity contribution in [2.24, 2.45) is 0 Å². The van der Waals surface area contributed by atoms with Crippen molar-refractivity contribution in [2.75, 3.05) is 7.11 Å². The summed E-state index contributed by atoms with van der Waals surface area (Å²) in [6.45, 7) is 0.354. The van der Waals surface area contributed by atoms with Crippen molar-refractivity contribution in [3.8, 4) is 0 Å². The summed E-state index contributed by atoms with van der Waals surface area (Å²) >= 11 is 11.9. The number of rotatable bonds is 4. The predicted octanol–water partition coefficient (Wildman–Crippen LogP) is 3.66. The minimum absolute atomic E-state index is 0.343. The first kappa shape index (κ1) is 14.2. The van der Waals surface area contributed by atoms with Crippen LogP contribution in [0.4, 0.5) is 4.39 Å². The average Bonchev–Trinajstić information content (AvgIpc) is 2.32. The highest BCUT2D eigenvalue weighted by Gasteiger charge is 2.08. The molecule has 0 fully saturated rings. The van der Waals surface area contributed by atoms with Gasteiger partial charge in [-0.25, -0.2) is 14.4 Å². The summed E-state index contributed by atoms with van der Waals surface area (Å²) in [6.07, 6.45) is 0.385. The number of nitrogens with zero attached hydrogens (tertiary/aromatic N) is 2. The number of aromatic nitrogens is 2. The zero-order valence-corrected chi connectivity index (χ0v) is 11.7. The Hall–Kier alpha value is -1.23. The molecule has 0 aliphatic rings. The van der Waals surface area contributed by atoms with E-state index in [1.807, 2.05) is 0 Å². The van der Waals surface area contributed by atoms with E-state index < -0.39 is 0 Å². The van der Waals surface area contributed by atoms with E-state index in [1.54, 1.807) is 19.2 Å². The maximum atomic E-state index is 13.0. The molecule has 0 atom stereocenters. The SMILES string of the molecule is COCc1cc(Cl)nc(Cc2ccc(F)cc2Cl)n1. The second kappa shape index (κ2) is 6.28. The summed E-state index contributed by atoms with van der Waals surface area (Å²) in [4.78, 5) is 8.43. The normalized spacial score (nSPS) is 10.7. The van der Waals surface area contributed by atoms with Gasteiger partial charge < -0.3 is 4.74 Å². The summed E-state index contributed by atoms with van der Waals surface area (Å²) in [5.74, 6) is 0.147. The monoisotopic (exact) mass is 300 g/mol. The van der Waals surface area contributed by atoms with E-state index in [2.05, 4.69) is 9.97 Å². The Morgan fingerprint density at radius 1 is 1.21 bits per heavy atom. The third kappa shape index (κ3) is 3.86. The first-order chi connectivity index (χ1) is 9.08. The van der Waals surface area contributed by atoms with Crippen LogP contribution in [0.3, 0.4) is 0 Å². The van der Waals surface area contributed by atoms with Crippen LogP contribution in [0.1, 0.15) is 17.1 Å². The Labute approximate surface area is 120 Å². The second-order valence-corrected chi connectivity index (χ2v) is 4.74. The van der Waals surface area contributed by atoms with Gasteiger partial charge in [-0.2, -0.15) is 0 Å². The molecule has 6 heteroatoms. The van der Waals surface area contributed by atoms with Gasteiger partial charge in [0.15, 0.2) is 0 Å². The molecule has 0 saturated carbocycles. The largest absolute Gasteiger partial charge is 0.378 e. The Morgan fingerprint density at radius 2 is 2.00 bits per heavy atom. The summed E-state index contributed by atoms with van der Waals surface area (Å²) in [5.41, 5.74) is 1.43. The lowest BCUT2D eigenvalue weighted by atomic mass is 10.1. The van der Waals surface area contributed by atoms with E-state index in [4.69, 9.17) is 27.9 Å². The van der Waals surface area contributed by atoms with Crippen LogP contribution >= 0.6 is 23.2 Å². The van der Waals surface area contributed by atoms with Crippen molar-refractivity contribution < 1.29 is 9.13 Å². The summed E-state index contributed by atoms with van der Waals surface area (Å²) in [5, 5.41) is 0.687. The minimum Gasteiger partial charge on any atom is -0.378 e. The summed E-state index contributed by atoms with van der Waals surface area (Å²) in [7, 11) is 1.58. The number of ether oxygens (including phenoxy) is 1. The molecule has 19 heavy (non-hydrogen) atoms. The maximum absolute atomic E-state index is 13.0. The predicted molar refractivity (Wildman–Crippen MR) is 72.0 cm³/mol. The summed E-state index contributed by atoms with van der Waals surface area (Å²) in [6, 6.07) is 5.86. The third-order valence-electron chi connectivity index (χ3n) is 2.45. The van der Waals surface area contributed by atoms with Crippen molar-refractivity contribution in [1.29, 1.82) is 0 Å². The Morgan fingerprint density at radius 3 is 2.68 bits per heavy atom. The van der Waals surface area contributed by atoms with Crippen molar-refractivity contribution in [2.45, 2.75) is 13.0 Å². The van der Waals surface area contributed by atoms with Crippen LogP contribution in [-0.2, 0) is 17.8 Å². The molecule has 2 aromatic rings. The molecule has 1 aromatic heterocycles. The molecule has 0 saturated heterocycles. The zero-order chi connectivity index (χ0) is 13.8. The number of benzene rings is 1. The van der Waals surface area contributed by atoms with Crippen molar-refractivity contribution in [1.82, 2.24) is 9.97 Å². The van der Waals surface area contributed by atoms with Gasteiger partial charge in [0.2, 0.25) is 0 Å². The molecule has 2 rings (SSSR count). The van der Waals surface area contributed by atoms with Gasteiger partial charge in [0.1, 0.15) is 16.8 Å². The van der Waals surface area contributed by atoms with Crippen molar-refractivity contribution >= 4 is 23.2 Å². The highest BCUT2D eigenvalue weighted by Crippen LogP contribution is 2.20. The molecule has 0 spiro atoms. The maximum Gasteiger partial charge on any atom is 0.134 e. The molecule has 0 aliphatic carbocycles. The highest BCUT2D eigenvalue weighted by atomic mass is 35.5. The van der Waals surface area contributed by atoms with E-state index >= 15 is 0 Å². The van der Waals surface area contributed by atoms with E-state index in [0.29, 0.717) is 34.7 Å². The molecule has 0 amide bonds. The number of hydrogen-bond donors (Lipinski definition) is 0. The molecule has 0 bridgehead atoms. The lowest BCUT2D eigenvalue weighted by molar-refractivity contribution is 0.181. The van der Waals surface area contributed by atoms with Gasteiger partial charge in [-0.05, 0) is 23.8 Å². The number of hydrogen-bond acceptors (Lipinski definition) is 3. The minimum atomic E-state index is -0.374. The molecular formula is C13H11Cl2FN2O. The van der Waals surface area contributed by atoms with Crippen LogP contribution in [-0.4, -0.2) is 17.1 Å². The average molecular weight is 301 g/mol. The second-order valence-electron chi connectivity index (χ2n) is 3.94. The van der Waals surface area contributed by atoms with Gasteiger partial charge in [-0.1, -0.05) is 29.3 Å². The van der Waals surface area contributed by atoms with Gasteiger partial charge in [0.05, 0.1) is 12.3 Å². The molecule has 1 aromatic carbocycles. The molecule has 0 radical (unpaired) electrons. The lowest BCUT2D eigenvalue weighted by Gasteiger charge is -2.06. The molecule has 0 aliphatic heterocycles. The van der Waals surface area contributed by atoms with Gasteiger partial charge in [-0.3, -0.25) is 0 Å². The first-order valence-corrected chi connectivity index (χ1v) is 6.29. The molecular weight excluding hydrogens is 290 g/mol. The standard InChI is InChI=1S/C13H11Cl2FN2O/c1-19-7-10-6-12(15)18-13(17-10)4-8-2-3-9(16)5-11(8)14/h2-3,5-6H,4,7H2,1H3. The van der Waals surface area contributed by atoms with Gasteiger partial charge in [0, 0.05) is 18.6 Å². The molecule has 0 unspecified atom stereocenters. The smallest absolute Gasteiger partial charge is 0.134 e. The van der Waals surface area contributed by atoms with Crippen LogP contribution in [0.15, 0.2) is 24.3 Å². The van der Waals surface area contributed by atoms with Crippen LogP contribution < -0.4 is 0 Å². The van der Waals surface area contributed by atoms with E-state index in [9.17, 15) is 4.39 Å². The fourth-order valence-corrected chi connectivity index (χ4v) is 2.11. The Kier molecular flexibility index (Phi) is 4.69. The molecule has 3 nitrogen and oxygen atoms in total. The van der Waals surface area contributed by atoms with Crippen LogP contribution in [0.25, 0.3) is 0 Å². The first-order valence-electron chi connectivity index (χ1n) is 5.53. The fraction of sp³-hybridized carbons (Fsp3) is 0.231.